The van der Waals surface area contributed by atoms with E-state index in [0.29, 0.717) is 19.6 Å². The highest BCUT2D eigenvalue weighted by Gasteiger charge is 2.25. The van der Waals surface area contributed by atoms with E-state index in [1.165, 1.54) is 0 Å². The number of nitrogens with zero attached hydrogens (tertiary/aromatic N) is 1. The van der Waals surface area contributed by atoms with Crippen LogP contribution in [-0.4, -0.2) is 54.4 Å². The van der Waals surface area contributed by atoms with Gasteiger partial charge in [0.05, 0.1) is 13.0 Å². The van der Waals surface area contributed by atoms with Crippen LogP contribution in [0.5, 0.6) is 0 Å². The highest BCUT2D eigenvalue weighted by Crippen LogP contribution is 2.22. The van der Waals surface area contributed by atoms with Crippen LogP contribution in [0.4, 0.5) is 4.79 Å². The Morgan fingerprint density at radius 3 is 2.24 bits per heavy atom. The summed E-state index contributed by atoms with van der Waals surface area (Å²) in [4.78, 5) is 25.0. The SMILES string of the molecule is COCCN(C(=O)NC(CC(=O)O)CC(C)(C)C)C(C)C. The molecular formula is C15H30N2O4. The third kappa shape index (κ3) is 9.28. The fourth-order valence-electron chi connectivity index (χ4n) is 2.17. The molecule has 0 saturated carbocycles. The number of carbonyl (C=O) groups excluding carboxylic acids is 1. The van der Waals surface area contributed by atoms with Crippen LogP contribution in [0.1, 0.15) is 47.5 Å². The van der Waals surface area contributed by atoms with E-state index in [2.05, 4.69) is 5.32 Å². The van der Waals surface area contributed by atoms with Gasteiger partial charge in [0.15, 0.2) is 0 Å². The van der Waals surface area contributed by atoms with E-state index in [0.717, 1.165) is 0 Å². The molecule has 1 unspecified atom stereocenters. The van der Waals surface area contributed by atoms with E-state index < -0.39 is 5.97 Å². The van der Waals surface area contributed by atoms with Gasteiger partial charge in [-0.15, -0.1) is 0 Å². The number of rotatable bonds is 8. The van der Waals surface area contributed by atoms with E-state index >= 15 is 0 Å². The second-order valence-corrected chi connectivity index (χ2v) is 6.79. The van der Waals surface area contributed by atoms with Crippen LogP contribution >= 0.6 is 0 Å². The fourth-order valence-corrected chi connectivity index (χ4v) is 2.17. The lowest BCUT2D eigenvalue weighted by atomic mass is 9.87. The van der Waals surface area contributed by atoms with Crippen LogP contribution in [0.2, 0.25) is 0 Å². The van der Waals surface area contributed by atoms with Crippen molar-refractivity contribution >= 4 is 12.0 Å². The number of carboxylic acid groups (broad SMARTS) is 1. The molecule has 0 aromatic heterocycles. The summed E-state index contributed by atoms with van der Waals surface area (Å²) in [5.41, 5.74) is -0.0530. The molecule has 0 heterocycles. The predicted molar refractivity (Wildman–Crippen MR) is 82.4 cm³/mol. The van der Waals surface area contributed by atoms with Crippen LogP contribution in [0.25, 0.3) is 0 Å². The molecule has 124 valence electrons. The molecule has 21 heavy (non-hydrogen) atoms. The predicted octanol–water partition coefficient (Wildman–Crippen LogP) is 2.33. The van der Waals surface area contributed by atoms with Crippen LogP contribution in [0.15, 0.2) is 0 Å². The zero-order chi connectivity index (χ0) is 16.6. The number of urea groups is 1. The first-order chi connectivity index (χ1) is 9.56. The van der Waals surface area contributed by atoms with Crippen molar-refractivity contribution in [3.63, 3.8) is 0 Å². The molecule has 2 N–H and O–H groups in total. The lowest BCUT2D eigenvalue weighted by molar-refractivity contribution is -0.137. The van der Waals surface area contributed by atoms with Gasteiger partial charge in [0.1, 0.15) is 0 Å². The number of amides is 2. The number of nitrogens with one attached hydrogen (secondary N) is 1. The normalized spacial score (nSPS) is 13.1. The Morgan fingerprint density at radius 2 is 1.86 bits per heavy atom. The van der Waals surface area contributed by atoms with Crippen LogP contribution < -0.4 is 5.32 Å². The molecule has 6 nitrogen and oxygen atoms in total. The first kappa shape index (κ1) is 19.7. The molecule has 0 aromatic rings. The maximum absolute atomic E-state index is 12.3. The van der Waals surface area contributed by atoms with Crippen molar-refractivity contribution in [3.8, 4) is 0 Å². The summed E-state index contributed by atoms with van der Waals surface area (Å²) in [6.07, 6.45) is 0.542. The van der Waals surface area contributed by atoms with Crippen LogP contribution in [0.3, 0.4) is 0 Å². The Morgan fingerprint density at radius 1 is 1.29 bits per heavy atom. The quantitative estimate of drug-likeness (QED) is 0.721. The minimum Gasteiger partial charge on any atom is -0.481 e. The Kier molecular flexibility index (Phi) is 8.32. The van der Waals surface area contributed by atoms with E-state index in [-0.39, 0.29) is 30.0 Å². The summed E-state index contributed by atoms with van der Waals surface area (Å²) in [7, 11) is 1.59. The molecular weight excluding hydrogens is 272 g/mol. The van der Waals surface area contributed by atoms with Crippen molar-refractivity contribution in [2.24, 2.45) is 5.41 Å². The minimum atomic E-state index is -0.905. The highest BCUT2D eigenvalue weighted by atomic mass is 16.5. The molecule has 2 amide bonds. The smallest absolute Gasteiger partial charge is 0.317 e. The topological polar surface area (TPSA) is 78.9 Å². The molecule has 6 heteroatoms. The van der Waals surface area contributed by atoms with Crippen molar-refractivity contribution in [3.05, 3.63) is 0 Å². The summed E-state index contributed by atoms with van der Waals surface area (Å²) in [6, 6.07) is -0.586. The number of carboxylic acids is 1. The molecule has 0 aliphatic heterocycles. The second kappa shape index (κ2) is 8.87. The summed E-state index contributed by atoms with van der Waals surface area (Å²) < 4.78 is 5.01. The molecule has 0 aromatic carbocycles. The monoisotopic (exact) mass is 302 g/mol. The number of aliphatic carboxylic acids is 1. The maximum Gasteiger partial charge on any atom is 0.317 e. The Balaban J connectivity index is 4.78. The van der Waals surface area contributed by atoms with E-state index in [9.17, 15) is 9.59 Å². The minimum absolute atomic E-state index is 0.0280. The van der Waals surface area contributed by atoms with Crippen molar-refractivity contribution in [1.82, 2.24) is 10.2 Å². The molecule has 0 radical (unpaired) electrons. The Hall–Kier alpha value is -1.30. The summed E-state index contributed by atoms with van der Waals surface area (Å²) in [6.45, 7) is 10.9. The third-order valence-corrected chi connectivity index (χ3v) is 3.03. The number of carbonyl (C=O) groups is 2. The Labute approximate surface area is 127 Å². The number of hydrogen-bond acceptors (Lipinski definition) is 3. The molecule has 0 saturated heterocycles. The molecule has 0 rings (SSSR count). The molecule has 1 atom stereocenters. The van der Waals surface area contributed by atoms with Crippen molar-refractivity contribution in [1.29, 1.82) is 0 Å². The lowest BCUT2D eigenvalue weighted by Gasteiger charge is -2.31. The molecule has 0 spiro atoms. The first-order valence-electron chi connectivity index (χ1n) is 7.34. The van der Waals surface area contributed by atoms with Crippen molar-refractivity contribution < 1.29 is 19.4 Å². The zero-order valence-electron chi connectivity index (χ0n) is 14.1. The van der Waals surface area contributed by atoms with E-state index in [1.807, 2.05) is 34.6 Å². The zero-order valence-corrected chi connectivity index (χ0v) is 14.1. The van der Waals surface area contributed by atoms with Gasteiger partial charge in [0.2, 0.25) is 0 Å². The average Bonchev–Trinajstić information content (AvgIpc) is 2.25. The van der Waals surface area contributed by atoms with E-state index in [4.69, 9.17) is 9.84 Å². The highest BCUT2D eigenvalue weighted by molar-refractivity contribution is 5.76. The third-order valence-electron chi connectivity index (χ3n) is 3.03. The average molecular weight is 302 g/mol. The van der Waals surface area contributed by atoms with Gasteiger partial charge in [0, 0.05) is 25.7 Å². The number of methoxy groups -OCH3 is 1. The van der Waals surface area contributed by atoms with Crippen molar-refractivity contribution in [2.45, 2.75) is 59.5 Å². The molecule has 0 aliphatic carbocycles. The van der Waals surface area contributed by atoms with Gasteiger partial charge in [-0.3, -0.25) is 4.79 Å². The first-order valence-corrected chi connectivity index (χ1v) is 7.34. The van der Waals surface area contributed by atoms with Gasteiger partial charge in [-0.1, -0.05) is 20.8 Å². The van der Waals surface area contributed by atoms with Gasteiger partial charge < -0.3 is 20.1 Å². The summed E-state index contributed by atoms with van der Waals surface area (Å²) in [5.74, 6) is -0.905. The number of ether oxygens (including phenoxy) is 1. The van der Waals surface area contributed by atoms with Gasteiger partial charge in [-0.25, -0.2) is 4.79 Å². The van der Waals surface area contributed by atoms with Gasteiger partial charge in [0.25, 0.3) is 0 Å². The second-order valence-electron chi connectivity index (χ2n) is 6.79. The molecule has 0 aliphatic rings. The van der Waals surface area contributed by atoms with E-state index in [1.54, 1.807) is 12.0 Å². The van der Waals surface area contributed by atoms with Gasteiger partial charge in [-0.05, 0) is 25.7 Å². The molecule has 0 fully saturated rings. The van der Waals surface area contributed by atoms with Crippen LogP contribution in [0, 0.1) is 5.41 Å². The molecule has 0 bridgehead atoms. The Bertz CT molecular complexity index is 337. The maximum atomic E-state index is 12.3. The summed E-state index contributed by atoms with van der Waals surface area (Å²) >= 11 is 0. The van der Waals surface area contributed by atoms with Gasteiger partial charge in [-0.2, -0.15) is 0 Å². The largest absolute Gasteiger partial charge is 0.481 e. The summed E-state index contributed by atoms with van der Waals surface area (Å²) in [5, 5.41) is 11.8. The number of hydrogen-bond donors (Lipinski definition) is 2. The van der Waals surface area contributed by atoms with Crippen LogP contribution in [-0.2, 0) is 9.53 Å². The fraction of sp³-hybridized carbons (Fsp3) is 0.867. The van der Waals surface area contributed by atoms with Gasteiger partial charge >= 0.3 is 12.0 Å². The standard InChI is InChI=1S/C15H30N2O4/c1-11(2)17(7-8-21-6)14(20)16-12(9-13(18)19)10-15(3,4)5/h11-12H,7-10H2,1-6H3,(H,16,20)(H,18,19). The lowest BCUT2D eigenvalue weighted by Crippen LogP contribution is -2.50. The van der Waals surface area contributed by atoms with Crippen molar-refractivity contribution in [2.75, 3.05) is 20.3 Å².